The van der Waals surface area contributed by atoms with Crippen molar-refractivity contribution in [3.63, 3.8) is 0 Å². The summed E-state index contributed by atoms with van der Waals surface area (Å²) >= 11 is 3.02. The Morgan fingerprint density at radius 1 is 1.10 bits per heavy atom. The van der Waals surface area contributed by atoms with Gasteiger partial charge in [0.25, 0.3) is 5.91 Å². The van der Waals surface area contributed by atoms with Crippen molar-refractivity contribution < 1.29 is 18.0 Å². The number of alkyl halides is 3. The number of nitrogens with zero attached hydrogens (tertiary/aromatic N) is 1. The highest BCUT2D eigenvalue weighted by molar-refractivity contribution is 9.10. The third kappa shape index (κ3) is 3.53. The summed E-state index contributed by atoms with van der Waals surface area (Å²) in [4.78, 5) is 13.9. The molecule has 0 aliphatic carbocycles. The van der Waals surface area contributed by atoms with Gasteiger partial charge < -0.3 is 4.90 Å². The molecule has 0 atom stereocenters. The molecule has 0 bridgehead atoms. The minimum atomic E-state index is -4.53. The number of hydrogen-bond acceptors (Lipinski definition) is 1. The van der Waals surface area contributed by atoms with Crippen LogP contribution in [0.3, 0.4) is 0 Å². The highest BCUT2D eigenvalue weighted by Crippen LogP contribution is 2.34. The summed E-state index contributed by atoms with van der Waals surface area (Å²) in [5, 5.41) is 0. The van der Waals surface area contributed by atoms with E-state index in [4.69, 9.17) is 0 Å². The van der Waals surface area contributed by atoms with Gasteiger partial charge in [-0.05, 0) is 31.0 Å². The molecular formula is C14H15BrF3NO. The molecule has 1 saturated heterocycles. The molecule has 0 radical (unpaired) electrons. The number of halogens is 4. The predicted molar refractivity (Wildman–Crippen MR) is 73.5 cm³/mol. The van der Waals surface area contributed by atoms with E-state index in [0.29, 0.717) is 17.6 Å². The Bertz CT molecular complexity index is 494. The molecule has 6 heteroatoms. The van der Waals surface area contributed by atoms with Crippen LogP contribution in [0.1, 0.15) is 41.6 Å². The van der Waals surface area contributed by atoms with Gasteiger partial charge in [-0.1, -0.05) is 28.8 Å². The van der Waals surface area contributed by atoms with Crippen molar-refractivity contribution in [3.05, 3.63) is 33.8 Å². The van der Waals surface area contributed by atoms with Gasteiger partial charge >= 0.3 is 6.18 Å². The molecule has 0 unspecified atom stereocenters. The van der Waals surface area contributed by atoms with Crippen LogP contribution in [0.15, 0.2) is 22.7 Å². The zero-order valence-electron chi connectivity index (χ0n) is 10.8. The lowest BCUT2D eigenvalue weighted by Crippen LogP contribution is -2.33. The van der Waals surface area contributed by atoms with Crippen LogP contribution in [0.25, 0.3) is 0 Å². The smallest absolute Gasteiger partial charge is 0.339 e. The van der Waals surface area contributed by atoms with E-state index in [1.807, 2.05) is 0 Å². The van der Waals surface area contributed by atoms with E-state index in [0.717, 1.165) is 31.7 Å². The molecule has 1 aromatic rings. The SMILES string of the molecule is O=C(c1ccc(Br)cc1C(F)(F)F)N1CCCCCC1. The Labute approximate surface area is 124 Å². The van der Waals surface area contributed by atoms with Crippen LogP contribution in [0, 0.1) is 0 Å². The summed E-state index contributed by atoms with van der Waals surface area (Å²) in [6.45, 7) is 1.07. The Hall–Kier alpha value is -1.04. The first-order valence-electron chi connectivity index (χ1n) is 6.55. The molecule has 1 fully saturated rings. The average Bonchev–Trinajstić information content (AvgIpc) is 2.65. The van der Waals surface area contributed by atoms with Crippen molar-refractivity contribution in [3.8, 4) is 0 Å². The molecule has 2 nitrogen and oxygen atoms in total. The van der Waals surface area contributed by atoms with E-state index < -0.39 is 17.6 Å². The zero-order chi connectivity index (χ0) is 14.8. The molecule has 0 N–H and O–H groups in total. The average molecular weight is 350 g/mol. The van der Waals surface area contributed by atoms with Gasteiger partial charge in [0, 0.05) is 17.6 Å². The fourth-order valence-corrected chi connectivity index (χ4v) is 2.74. The van der Waals surface area contributed by atoms with E-state index in [2.05, 4.69) is 15.9 Å². The Balaban J connectivity index is 2.33. The lowest BCUT2D eigenvalue weighted by molar-refractivity contribution is -0.138. The Morgan fingerprint density at radius 3 is 2.25 bits per heavy atom. The van der Waals surface area contributed by atoms with Gasteiger partial charge in [-0.15, -0.1) is 0 Å². The minimum Gasteiger partial charge on any atom is -0.339 e. The number of amides is 1. The highest BCUT2D eigenvalue weighted by atomic mass is 79.9. The van der Waals surface area contributed by atoms with Gasteiger partial charge in [0.2, 0.25) is 0 Å². The molecule has 110 valence electrons. The quantitative estimate of drug-likeness (QED) is 0.731. The van der Waals surface area contributed by atoms with Gasteiger partial charge in [0.05, 0.1) is 11.1 Å². The summed E-state index contributed by atoms with van der Waals surface area (Å²) < 4.78 is 39.5. The third-order valence-electron chi connectivity index (χ3n) is 3.41. The van der Waals surface area contributed by atoms with Crippen molar-refractivity contribution in [2.24, 2.45) is 0 Å². The fourth-order valence-electron chi connectivity index (χ4n) is 2.38. The number of carbonyl (C=O) groups is 1. The van der Waals surface area contributed by atoms with E-state index in [1.165, 1.54) is 17.0 Å². The molecule has 1 aromatic carbocycles. The lowest BCUT2D eigenvalue weighted by atomic mass is 10.1. The van der Waals surface area contributed by atoms with Crippen LogP contribution in [0.5, 0.6) is 0 Å². The van der Waals surface area contributed by atoms with Crippen LogP contribution < -0.4 is 0 Å². The Kier molecular flexibility index (Phi) is 4.73. The molecule has 2 rings (SSSR count). The third-order valence-corrected chi connectivity index (χ3v) is 3.90. The minimum absolute atomic E-state index is 0.261. The topological polar surface area (TPSA) is 20.3 Å². The number of likely N-dealkylation sites (tertiary alicyclic amines) is 1. The summed E-state index contributed by atoms with van der Waals surface area (Å²) in [5.74, 6) is -0.522. The molecule has 0 saturated carbocycles. The first-order chi connectivity index (χ1) is 9.39. The fraction of sp³-hybridized carbons (Fsp3) is 0.500. The summed E-state index contributed by atoms with van der Waals surface area (Å²) in [7, 11) is 0. The van der Waals surface area contributed by atoms with Crippen molar-refractivity contribution in [1.82, 2.24) is 4.90 Å². The number of rotatable bonds is 1. The van der Waals surface area contributed by atoms with Gasteiger partial charge in [-0.2, -0.15) is 13.2 Å². The van der Waals surface area contributed by atoms with Gasteiger partial charge in [-0.3, -0.25) is 4.79 Å². The molecule has 1 aliphatic heterocycles. The van der Waals surface area contributed by atoms with Crippen LogP contribution in [-0.4, -0.2) is 23.9 Å². The maximum absolute atomic E-state index is 13.0. The molecule has 1 aliphatic rings. The van der Waals surface area contributed by atoms with Crippen LogP contribution in [0.2, 0.25) is 0 Å². The maximum atomic E-state index is 13.0. The second kappa shape index (κ2) is 6.16. The number of benzene rings is 1. The van der Waals surface area contributed by atoms with Crippen LogP contribution >= 0.6 is 15.9 Å². The van der Waals surface area contributed by atoms with Crippen molar-refractivity contribution >= 4 is 21.8 Å². The standard InChI is InChI=1S/C14H15BrF3NO/c15-10-5-6-11(12(9-10)14(16,17)18)13(20)19-7-3-1-2-4-8-19/h5-6,9H,1-4,7-8H2. The number of carbonyl (C=O) groups excluding carboxylic acids is 1. The lowest BCUT2D eigenvalue weighted by Gasteiger charge is -2.22. The van der Waals surface area contributed by atoms with E-state index in [9.17, 15) is 18.0 Å². The molecule has 0 aromatic heterocycles. The molecule has 0 spiro atoms. The molecular weight excluding hydrogens is 335 g/mol. The molecule has 1 heterocycles. The van der Waals surface area contributed by atoms with Crippen LogP contribution in [-0.2, 0) is 6.18 Å². The maximum Gasteiger partial charge on any atom is 0.417 e. The largest absolute Gasteiger partial charge is 0.417 e. The zero-order valence-corrected chi connectivity index (χ0v) is 12.4. The normalized spacial score (nSPS) is 16.9. The van der Waals surface area contributed by atoms with Gasteiger partial charge in [0.15, 0.2) is 0 Å². The summed E-state index contributed by atoms with van der Waals surface area (Å²) in [6.07, 6.45) is -0.777. The molecule has 1 amide bonds. The van der Waals surface area contributed by atoms with E-state index in [-0.39, 0.29) is 5.56 Å². The second-order valence-corrected chi connectivity index (χ2v) is 5.81. The number of hydrogen-bond donors (Lipinski definition) is 0. The van der Waals surface area contributed by atoms with E-state index in [1.54, 1.807) is 0 Å². The molecule has 20 heavy (non-hydrogen) atoms. The second-order valence-electron chi connectivity index (χ2n) is 4.89. The first kappa shape index (κ1) is 15.4. The monoisotopic (exact) mass is 349 g/mol. The highest BCUT2D eigenvalue weighted by Gasteiger charge is 2.36. The summed E-state index contributed by atoms with van der Waals surface area (Å²) in [5.41, 5.74) is -1.14. The van der Waals surface area contributed by atoms with Crippen molar-refractivity contribution in [2.75, 3.05) is 13.1 Å². The predicted octanol–water partition coefficient (Wildman–Crippen LogP) is 4.48. The summed E-state index contributed by atoms with van der Waals surface area (Å²) in [6, 6.07) is 3.69. The van der Waals surface area contributed by atoms with Gasteiger partial charge in [-0.25, -0.2) is 0 Å². The van der Waals surface area contributed by atoms with E-state index >= 15 is 0 Å². The Morgan fingerprint density at radius 2 is 1.70 bits per heavy atom. The van der Waals surface area contributed by atoms with Crippen molar-refractivity contribution in [2.45, 2.75) is 31.9 Å². The van der Waals surface area contributed by atoms with Crippen molar-refractivity contribution in [1.29, 1.82) is 0 Å². The van der Waals surface area contributed by atoms with Gasteiger partial charge in [0.1, 0.15) is 0 Å². The first-order valence-corrected chi connectivity index (χ1v) is 7.35. The van der Waals surface area contributed by atoms with Crippen LogP contribution in [0.4, 0.5) is 13.2 Å².